The SMILES string of the molecule is COC(=O)C(c1ccccc1)C(O)/C=C/c1ccccc1. The molecule has 108 valence electrons. The van der Waals surface area contributed by atoms with Gasteiger partial charge in [-0.05, 0) is 11.1 Å². The van der Waals surface area contributed by atoms with Crippen LogP contribution in [0, 0.1) is 0 Å². The first kappa shape index (κ1) is 15.0. The molecule has 0 aliphatic heterocycles. The van der Waals surface area contributed by atoms with E-state index in [-0.39, 0.29) is 0 Å². The van der Waals surface area contributed by atoms with Crippen LogP contribution in [0.5, 0.6) is 0 Å². The number of aliphatic hydroxyl groups excluding tert-OH is 1. The molecule has 21 heavy (non-hydrogen) atoms. The molecule has 2 aromatic rings. The summed E-state index contributed by atoms with van der Waals surface area (Å²) in [5.74, 6) is -1.18. The topological polar surface area (TPSA) is 46.5 Å². The monoisotopic (exact) mass is 282 g/mol. The minimum absolute atomic E-state index is 0.452. The molecule has 0 fully saturated rings. The largest absolute Gasteiger partial charge is 0.468 e. The van der Waals surface area contributed by atoms with Gasteiger partial charge in [-0.3, -0.25) is 4.79 Å². The molecule has 0 bridgehead atoms. The van der Waals surface area contributed by atoms with Gasteiger partial charge in [0.15, 0.2) is 0 Å². The van der Waals surface area contributed by atoms with Gasteiger partial charge in [0.25, 0.3) is 0 Å². The molecule has 0 aliphatic rings. The molecule has 0 aromatic heterocycles. The number of aliphatic hydroxyl groups is 1. The summed E-state index contributed by atoms with van der Waals surface area (Å²) in [4.78, 5) is 11.9. The maximum Gasteiger partial charge on any atom is 0.316 e. The van der Waals surface area contributed by atoms with Gasteiger partial charge in [-0.15, -0.1) is 0 Å². The van der Waals surface area contributed by atoms with Crippen LogP contribution >= 0.6 is 0 Å². The van der Waals surface area contributed by atoms with Gasteiger partial charge in [0, 0.05) is 0 Å². The highest BCUT2D eigenvalue weighted by Gasteiger charge is 2.27. The van der Waals surface area contributed by atoms with Gasteiger partial charge in [0.05, 0.1) is 13.2 Å². The Kier molecular flexibility index (Phi) is 5.29. The van der Waals surface area contributed by atoms with Gasteiger partial charge in [0.2, 0.25) is 0 Å². The Bertz CT molecular complexity index is 590. The average molecular weight is 282 g/mol. The number of hydrogen-bond acceptors (Lipinski definition) is 3. The summed E-state index contributed by atoms with van der Waals surface area (Å²) in [6.45, 7) is 0. The van der Waals surface area contributed by atoms with Crippen molar-refractivity contribution in [3.8, 4) is 0 Å². The second kappa shape index (κ2) is 7.41. The fraction of sp³-hybridized carbons (Fsp3) is 0.167. The van der Waals surface area contributed by atoms with E-state index in [1.54, 1.807) is 24.3 Å². The van der Waals surface area contributed by atoms with Gasteiger partial charge in [-0.2, -0.15) is 0 Å². The second-order valence-corrected chi connectivity index (χ2v) is 4.67. The maximum atomic E-state index is 11.9. The van der Waals surface area contributed by atoms with E-state index >= 15 is 0 Å². The number of esters is 1. The molecule has 0 heterocycles. The molecular formula is C18H18O3. The van der Waals surface area contributed by atoms with Crippen LogP contribution in [-0.2, 0) is 9.53 Å². The second-order valence-electron chi connectivity index (χ2n) is 4.67. The van der Waals surface area contributed by atoms with E-state index < -0.39 is 18.0 Å². The number of rotatable bonds is 5. The average Bonchev–Trinajstić information content (AvgIpc) is 2.55. The van der Waals surface area contributed by atoms with Crippen molar-refractivity contribution in [2.75, 3.05) is 7.11 Å². The van der Waals surface area contributed by atoms with Crippen molar-refractivity contribution in [3.05, 3.63) is 77.9 Å². The summed E-state index contributed by atoms with van der Waals surface area (Å²) in [5, 5.41) is 10.3. The zero-order valence-corrected chi connectivity index (χ0v) is 11.8. The summed E-state index contributed by atoms with van der Waals surface area (Å²) in [6, 6.07) is 18.8. The number of methoxy groups -OCH3 is 1. The number of ether oxygens (including phenoxy) is 1. The van der Waals surface area contributed by atoms with Crippen molar-refractivity contribution in [1.82, 2.24) is 0 Å². The third kappa shape index (κ3) is 4.04. The predicted molar refractivity (Wildman–Crippen MR) is 82.7 cm³/mol. The third-order valence-corrected chi connectivity index (χ3v) is 3.24. The lowest BCUT2D eigenvalue weighted by Gasteiger charge is -2.18. The Balaban J connectivity index is 2.21. The Morgan fingerprint density at radius 2 is 1.62 bits per heavy atom. The standard InChI is InChI=1S/C18H18O3/c1-21-18(20)17(15-10-6-3-7-11-15)16(19)13-12-14-8-4-2-5-9-14/h2-13,16-17,19H,1H3/b13-12+. The van der Waals surface area contributed by atoms with Crippen molar-refractivity contribution in [3.63, 3.8) is 0 Å². The minimum atomic E-state index is -0.944. The molecule has 3 heteroatoms. The van der Waals surface area contributed by atoms with Crippen LogP contribution in [0.3, 0.4) is 0 Å². The van der Waals surface area contributed by atoms with Gasteiger partial charge < -0.3 is 9.84 Å². The maximum absolute atomic E-state index is 11.9. The van der Waals surface area contributed by atoms with Crippen LogP contribution in [-0.4, -0.2) is 24.3 Å². The van der Waals surface area contributed by atoms with E-state index in [1.165, 1.54) is 7.11 Å². The Morgan fingerprint density at radius 1 is 1.05 bits per heavy atom. The highest BCUT2D eigenvalue weighted by atomic mass is 16.5. The molecule has 0 saturated carbocycles. The van der Waals surface area contributed by atoms with Crippen LogP contribution in [0.25, 0.3) is 6.08 Å². The quantitative estimate of drug-likeness (QED) is 0.857. The number of hydrogen-bond donors (Lipinski definition) is 1. The first-order valence-electron chi connectivity index (χ1n) is 6.76. The van der Waals surface area contributed by atoms with Gasteiger partial charge in [-0.25, -0.2) is 0 Å². The normalized spacial score (nSPS) is 13.8. The van der Waals surface area contributed by atoms with Crippen molar-refractivity contribution in [2.24, 2.45) is 0 Å². The highest BCUT2D eigenvalue weighted by Crippen LogP contribution is 2.22. The summed E-state index contributed by atoms with van der Waals surface area (Å²) in [5.41, 5.74) is 1.70. The van der Waals surface area contributed by atoms with Crippen LogP contribution in [0.4, 0.5) is 0 Å². The molecule has 0 amide bonds. The molecule has 2 aromatic carbocycles. The number of benzene rings is 2. The van der Waals surface area contributed by atoms with E-state index in [2.05, 4.69) is 0 Å². The summed E-state index contributed by atoms with van der Waals surface area (Å²) >= 11 is 0. The molecule has 2 rings (SSSR count). The van der Waals surface area contributed by atoms with Crippen molar-refractivity contribution >= 4 is 12.0 Å². The lowest BCUT2D eigenvalue weighted by atomic mass is 9.93. The third-order valence-electron chi connectivity index (χ3n) is 3.24. The molecule has 0 aliphatic carbocycles. The van der Waals surface area contributed by atoms with Crippen LogP contribution < -0.4 is 0 Å². The summed E-state index contributed by atoms with van der Waals surface area (Å²) in [6.07, 6.45) is 2.47. The molecule has 2 unspecified atom stereocenters. The van der Waals surface area contributed by atoms with E-state index in [4.69, 9.17) is 4.74 Å². The van der Waals surface area contributed by atoms with E-state index in [0.717, 1.165) is 11.1 Å². The highest BCUT2D eigenvalue weighted by molar-refractivity contribution is 5.79. The van der Waals surface area contributed by atoms with E-state index in [9.17, 15) is 9.90 Å². The first-order valence-corrected chi connectivity index (χ1v) is 6.76. The molecule has 3 nitrogen and oxygen atoms in total. The molecule has 0 radical (unpaired) electrons. The van der Waals surface area contributed by atoms with Crippen molar-refractivity contribution in [2.45, 2.75) is 12.0 Å². The molecule has 2 atom stereocenters. The van der Waals surface area contributed by atoms with E-state index in [0.29, 0.717) is 0 Å². The van der Waals surface area contributed by atoms with Gasteiger partial charge in [-0.1, -0.05) is 72.8 Å². The number of carbonyl (C=O) groups is 1. The molecular weight excluding hydrogens is 264 g/mol. The Morgan fingerprint density at radius 3 is 2.19 bits per heavy atom. The van der Waals surface area contributed by atoms with Crippen LogP contribution in [0.1, 0.15) is 17.0 Å². The smallest absolute Gasteiger partial charge is 0.316 e. The lowest BCUT2D eigenvalue weighted by Crippen LogP contribution is -2.25. The Labute approximate surface area is 124 Å². The van der Waals surface area contributed by atoms with Crippen molar-refractivity contribution in [1.29, 1.82) is 0 Å². The first-order chi connectivity index (χ1) is 10.2. The summed E-state index contributed by atoms with van der Waals surface area (Å²) < 4.78 is 4.81. The fourth-order valence-corrected chi connectivity index (χ4v) is 2.14. The molecule has 0 saturated heterocycles. The molecule has 1 N–H and O–H groups in total. The Hall–Kier alpha value is -2.39. The van der Waals surface area contributed by atoms with Crippen LogP contribution in [0.15, 0.2) is 66.7 Å². The van der Waals surface area contributed by atoms with Gasteiger partial charge >= 0.3 is 5.97 Å². The lowest BCUT2D eigenvalue weighted by molar-refractivity contribution is -0.144. The fourth-order valence-electron chi connectivity index (χ4n) is 2.14. The predicted octanol–water partition coefficient (Wildman–Crippen LogP) is 3.02. The zero-order valence-electron chi connectivity index (χ0n) is 11.8. The summed E-state index contributed by atoms with van der Waals surface area (Å²) in [7, 11) is 1.33. The zero-order chi connectivity index (χ0) is 15.1. The van der Waals surface area contributed by atoms with Gasteiger partial charge in [0.1, 0.15) is 5.92 Å². The van der Waals surface area contributed by atoms with E-state index in [1.807, 2.05) is 48.5 Å². The number of carbonyl (C=O) groups excluding carboxylic acids is 1. The molecule has 0 spiro atoms. The van der Waals surface area contributed by atoms with Crippen molar-refractivity contribution < 1.29 is 14.6 Å². The van der Waals surface area contributed by atoms with Crippen LogP contribution in [0.2, 0.25) is 0 Å². The minimum Gasteiger partial charge on any atom is -0.468 e.